The maximum absolute atomic E-state index is 11.8. The fraction of sp³-hybridized carbons (Fsp3) is 0.417. The molecule has 3 heteroatoms. The molecule has 1 saturated heterocycles. The Morgan fingerprint density at radius 2 is 2.07 bits per heavy atom. The van der Waals surface area contributed by atoms with Crippen LogP contribution in [0, 0.1) is 0 Å². The Balaban J connectivity index is 2.27. The van der Waals surface area contributed by atoms with Crippen molar-refractivity contribution in [1.82, 2.24) is 0 Å². The minimum atomic E-state index is 0.175. The lowest BCUT2D eigenvalue weighted by atomic mass is 10.0. The van der Waals surface area contributed by atoms with Gasteiger partial charge in [-0.3, -0.25) is 4.79 Å². The van der Waals surface area contributed by atoms with E-state index in [-0.39, 0.29) is 11.9 Å². The van der Waals surface area contributed by atoms with Crippen LogP contribution in [-0.2, 0) is 4.79 Å². The number of nitrogens with two attached hydrogens (primary N) is 1. The van der Waals surface area contributed by atoms with Gasteiger partial charge in [-0.1, -0.05) is 18.2 Å². The van der Waals surface area contributed by atoms with E-state index in [0.29, 0.717) is 13.0 Å². The molecule has 1 amide bonds. The summed E-state index contributed by atoms with van der Waals surface area (Å²) >= 11 is 0. The van der Waals surface area contributed by atoms with Crippen LogP contribution in [0.25, 0.3) is 0 Å². The molecule has 1 aliphatic heterocycles. The number of anilines is 1. The first kappa shape index (κ1) is 10.2. The summed E-state index contributed by atoms with van der Waals surface area (Å²) in [7, 11) is 0. The molecule has 1 atom stereocenters. The number of hydrogen-bond donors (Lipinski definition) is 1. The van der Waals surface area contributed by atoms with Gasteiger partial charge in [-0.05, 0) is 25.0 Å². The topological polar surface area (TPSA) is 46.3 Å². The fourth-order valence-electron chi connectivity index (χ4n) is 2.11. The maximum atomic E-state index is 11.8. The van der Waals surface area contributed by atoms with Crippen LogP contribution in [0.15, 0.2) is 30.3 Å². The summed E-state index contributed by atoms with van der Waals surface area (Å²) in [5, 5.41) is 0. The molecule has 80 valence electrons. The molecule has 2 rings (SSSR count). The summed E-state index contributed by atoms with van der Waals surface area (Å²) in [6.07, 6.45) is 2.62. The zero-order valence-corrected chi connectivity index (χ0v) is 8.73. The molecule has 0 aliphatic carbocycles. The van der Waals surface area contributed by atoms with Gasteiger partial charge in [-0.2, -0.15) is 0 Å². The average molecular weight is 204 g/mol. The highest BCUT2D eigenvalue weighted by molar-refractivity contribution is 5.94. The van der Waals surface area contributed by atoms with Crippen LogP contribution in [0.1, 0.15) is 19.3 Å². The number of amides is 1. The van der Waals surface area contributed by atoms with Crippen LogP contribution in [0.2, 0.25) is 0 Å². The van der Waals surface area contributed by atoms with E-state index in [1.807, 2.05) is 35.2 Å². The van der Waals surface area contributed by atoms with Gasteiger partial charge in [0.2, 0.25) is 5.91 Å². The molecular formula is C12H16N2O. The van der Waals surface area contributed by atoms with E-state index in [2.05, 4.69) is 0 Å². The largest absolute Gasteiger partial charge is 0.328 e. The van der Waals surface area contributed by atoms with Gasteiger partial charge in [0.05, 0.1) is 0 Å². The third kappa shape index (κ3) is 2.02. The number of carbonyl (C=O) groups excluding carboxylic acids is 1. The number of nitrogens with zero attached hydrogens (tertiary/aromatic N) is 1. The summed E-state index contributed by atoms with van der Waals surface area (Å²) in [6.45, 7) is 0.542. The second-order valence-corrected chi connectivity index (χ2v) is 3.88. The number of para-hydroxylation sites is 1. The molecule has 0 radical (unpaired) electrons. The Labute approximate surface area is 89.9 Å². The molecule has 1 heterocycles. The van der Waals surface area contributed by atoms with Crippen molar-refractivity contribution < 1.29 is 4.79 Å². The molecule has 1 aromatic rings. The van der Waals surface area contributed by atoms with Crippen molar-refractivity contribution in [2.24, 2.45) is 5.73 Å². The van der Waals surface area contributed by atoms with E-state index < -0.39 is 0 Å². The first-order valence-electron chi connectivity index (χ1n) is 5.40. The van der Waals surface area contributed by atoms with Crippen LogP contribution in [0.4, 0.5) is 5.69 Å². The van der Waals surface area contributed by atoms with Crippen LogP contribution in [0.5, 0.6) is 0 Å². The van der Waals surface area contributed by atoms with Gasteiger partial charge in [0.1, 0.15) is 0 Å². The Bertz CT molecular complexity index is 337. The van der Waals surface area contributed by atoms with Gasteiger partial charge in [0.15, 0.2) is 0 Å². The standard InChI is InChI=1S/C12H16N2O/c13-9-11-7-4-8-12(15)14(11)10-5-2-1-3-6-10/h1-3,5-6,11H,4,7-9,13H2. The van der Waals surface area contributed by atoms with Gasteiger partial charge in [0, 0.05) is 24.7 Å². The SMILES string of the molecule is NCC1CCCC(=O)N1c1ccccc1. The maximum Gasteiger partial charge on any atom is 0.227 e. The van der Waals surface area contributed by atoms with Crippen molar-refractivity contribution in [3.63, 3.8) is 0 Å². The average Bonchev–Trinajstić information content (AvgIpc) is 2.29. The number of piperidine rings is 1. The van der Waals surface area contributed by atoms with Crippen molar-refractivity contribution in [1.29, 1.82) is 0 Å². The molecule has 0 bridgehead atoms. The first-order valence-corrected chi connectivity index (χ1v) is 5.40. The molecule has 0 spiro atoms. The van der Waals surface area contributed by atoms with Gasteiger partial charge >= 0.3 is 0 Å². The molecule has 1 fully saturated rings. The molecule has 1 aromatic carbocycles. The molecule has 15 heavy (non-hydrogen) atoms. The highest BCUT2D eigenvalue weighted by atomic mass is 16.2. The third-order valence-electron chi connectivity index (χ3n) is 2.87. The Kier molecular flexibility index (Phi) is 3.02. The lowest BCUT2D eigenvalue weighted by molar-refractivity contribution is -0.120. The van der Waals surface area contributed by atoms with Gasteiger partial charge in [0.25, 0.3) is 0 Å². The van der Waals surface area contributed by atoms with Crippen molar-refractivity contribution in [3.05, 3.63) is 30.3 Å². The number of benzene rings is 1. The summed E-state index contributed by atoms with van der Waals surface area (Å²) in [6, 6.07) is 9.96. The Morgan fingerprint density at radius 3 is 2.73 bits per heavy atom. The molecule has 0 aromatic heterocycles. The summed E-state index contributed by atoms with van der Waals surface area (Å²) in [4.78, 5) is 13.7. The lowest BCUT2D eigenvalue weighted by Gasteiger charge is -2.34. The monoisotopic (exact) mass is 204 g/mol. The van der Waals surface area contributed by atoms with E-state index in [1.54, 1.807) is 0 Å². The first-order chi connectivity index (χ1) is 7.33. The molecular weight excluding hydrogens is 188 g/mol. The normalized spacial score (nSPS) is 21.8. The fourth-order valence-corrected chi connectivity index (χ4v) is 2.11. The van der Waals surface area contributed by atoms with E-state index in [0.717, 1.165) is 18.5 Å². The Morgan fingerprint density at radius 1 is 1.33 bits per heavy atom. The minimum absolute atomic E-state index is 0.175. The lowest BCUT2D eigenvalue weighted by Crippen LogP contribution is -2.47. The van der Waals surface area contributed by atoms with E-state index in [9.17, 15) is 4.79 Å². The minimum Gasteiger partial charge on any atom is -0.328 e. The highest BCUT2D eigenvalue weighted by Crippen LogP contribution is 2.24. The van der Waals surface area contributed by atoms with Crippen LogP contribution in [-0.4, -0.2) is 18.5 Å². The molecule has 1 aliphatic rings. The van der Waals surface area contributed by atoms with Crippen molar-refractivity contribution in [3.8, 4) is 0 Å². The quantitative estimate of drug-likeness (QED) is 0.794. The van der Waals surface area contributed by atoms with E-state index >= 15 is 0 Å². The highest BCUT2D eigenvalue weighted by Gasteiger charge is 2.27. The van der Waals surface area contributed by atoms with Gasteiger partial charge in [-0.15, -0.1) is 0 Å². The van der Waals surface area contributed by atoms with E-state index in [4.69, 9.17) is 5.73 Å². The summed E-state index contributed by atoms with van der Waals surface area (Å²) in [5.41, 5.74) is 6.67. The number of hydrogen-bond acceptors (Lipinski definition) is 2. The van der Waals surface area contributed by atoms with Crippen molar-refractivity contribution in [2.45, 2.75) is 25.3 Å². The van der Waals surface area contributed by atoms with Crippen molar-refractivity contribution >= 4 is 11.6 Å². The zero-order valence-electron chi connectivity index (χ0n) is 8.73. The van der Waals surface area contributed by atoms with Crippen LogP contribution in [0.3, 0.4) is 0 Å². The van der Waals surface area contributed by atoms with Gasteiger partial charge < -0.3 is 10.6 Å². The smallest absolute Gasteiger partial charge is 0.227 e. The summed E-state index contributed by atoms with van der Waals surface area (Å²) in [5.74, 6) is 0.197. The molecule has 3 nitrogen and oxygen atoms in total. The number of carbonyl (C=O) groups is 1. The molecule has 1 unspecified atom stereocenters. The van der Waals surface area contributed by atoms with Crippen LogP contribution >= 0.6 is 0 Å². The predicted molar refractivity (Wildman–Crippen MR) is 60.6 cm³/mol. The second-order valence-electron chi connectivity index (χ2n) is 3.88. The zero-order chi connectivity index (χ0) is 10.7. The second kappa shape index (κ2) is 4.45. The molecule has 2 N–H and O–H groups in total. The number of rotatable bonds is 2. The third-order valence-corrected chi connectivity index (χ3v) is 2.87. The predicted octanol–water partition coefficient (Wildman–Crippen LogP) is 1.53. The van der Waals surface area contributed by atoms with Crippen LogP contribution < -0.4 is 10.6 Å². The van der Waals surface area contributed by atoms with E-state index in [1.165, 1.54) is 0 Å². The molecule has 0 saturated carbocycles. The van der Waals surface area contributed by atoms with Crippen molar-refractivity contribution in [2.75, 3.05) is 11.4 Å². The summed E-state index contributed by atoms with van der Waals surface area (Å²) < 4.78 is 0. The van der Waals surface area contributed by atoms with Gasteiger partial charge in [-0.25, -0.2) is 0 Å². The Hall–Kier alpha value is -1.35.